The monoisotopic (exact) mass is 442 g/mol. The molecule has 0 bridgehead atoms. The van der Waals surface area contributed by atoms with Crippen LogP contribution in [0.4, 0.5) is 5.69 Å². The van der Waals surface area contributed by atoms with Gasteiger partial charge in [0.2, 0.25) is 0 Å². The molecule has 2 heterocycles. The largest absolute Gasteiger partial charge is 0.465 e. The summed E-state index contributed by atoms with van der Waals surface area (Å²) in [5.41, 5.74) is 9.33. The van der Waals surface area contributed by atoms with Crippen LogP contribution in [-0.4, -0.2) is 31.2 Å². The van der Waals surface area contributed by atoms with Gasteiger partial charge in [0.1, 0.15) is 5.56 Å². The summed E-state index contributed by atoms with van der Waals surface area (Å²) in [7, 11) is 3.50. The molecule has 1 atom stereocenters. The van der Waals surface area contributed by atoms with Gasteiger partial charge in [0, 0.05) is 24.8 Å². The van der Waals surface area contributed by atoms with Gasteiger partial charge in [-0.2, -0.15) is 0 Å². The number of rotatable bonds is 3. The number of hydrogen-bond acceptors (Lipinski definition) is 4. The van der Waals surface area contributed by atoms with Crippen LogP contribution in [0.5, 0.6) is 0 Å². The standard InChI is InChI=1S/C28H30N2O3/c1-17-13-22-20-11-8-12-29(3)25(20)18(2)14-23(22)26-21(17)15-24(28(32)33-4)27(31)30(26)16-19-9-6-5-7-10-19/h5-7,9-10,14-15,17H,8,11-13,16H2,1-4H3. The number of pyridine rings is 1. The Kier molecular flexibility index (Phi) is 5.35. The van der Waals surface area contributed by atoms with Gasteiger partial charge in [0.05, 0.1) is 19.3 Å². The Balaban J connectivity index is 1.82. The second kappa shape index (κ2) is 8.22. The fourth-order valence-electron chi connectivity index (χ4n) is 5.72. The Labute approximate surface area is 194 Å². The molecular formula is C28H30N2O3. The summed E-state index contributed by atoms with van der Waals surface area (Å²) in [6.45, 7) is 5.84. The summed E-state index contributed by atoms with van der Waals surface area (Å²) >= 11 is 0. The van der Waals surface area contributed by atoms with E-state index in [4.69, 9.17) is 4.74 Å². The molecule has 5 nitrogen and oxygen atoms in total. The minimum Gasteiger partial charge on any atom is -0.465 e. The van der Waals surface area contributed by atoms with Gasteiger partial charge < -0.3 is 14.2 Å². The SMILES string of the molecule is COC(=O)c1cc2c(n(Cc3ccccc3)c1=O)-c1cc(C)c3c(c1CC2C)CCCN3C. The second-order valence-electron chi connectivity index (χ2n) is 9.41. The number of methoxy groups -OCH3 is 1. The molecule has 0 amide bonds. The predicted molar refractivity (Wildman–Crippen MR) is 131 cm³/mol. The molecule has 1 aliphatic carbocycles. The van der Waals surface area contributed by atoms with Crippen LogP contribution in [0.2, 0.25) is 0 Å². The maximum absolute atomic E-state index is 13.6. The number of aryl methyl sites for hydroxylation is 1. The Morgan fingerprint density at radius 2 is 1.91 bits per heavy atom. The highest BCUT2D eigenvalue weighted by atomic mass is 16.5. The number of anilines is 1. The fraction of sp³-hybridized carbons (Fsp3) is 0.357. The molecule has 0 saturated heterocycles. The number of benzene rings is 2. The maximum Gasteiger partial charge on any atom is 0.343 e. The molecule has 5 heteroatoms. The average molecular weight is 443 g/mol. The normalized spacial score (nSPS) is 16.6. The molecule has 5 rings (SSSR count). The van der Waals surface area contributed by atoms with Crippen molar-refractivity contribution in [2.45, 2.75) is 45.6 Å². The van der Waals surface area contributed by atoms with Crippen LogP contribution in [0.3, 0.4) is 0 Å². The van der Waals surface area contributed by atoms with Crippen molar-refractivity contribution in [2.75, 3.05) is 25.6 Å². The molecule has 1 aromatic heterocycles. The number of aromatic nitrogens is 1. The van der Waals surface area contributed by atoms with Crippen molar-refractivity contribution in [1.82, 2.24) is 4.57 Å². The van der Waals surface area contributed by atoms with Crippen molar-refractivity contribution in [1.29, 1.82) is 0 Å². The maximum atomic E-state index is 13.6. The highest BCUT2D eigenvalue weighted by molar-refractivity contribution is 5.90. The number of fused-ring (bicyclic) bond motifs is 5. The Morgan fingerprint density at radius 3 is 2.64 bits per heavy atom. The minimum atomic E-state index is -0.578. The van der Waals surface area contributed by atoms with Crippen LogP contribution < -0.4 is 10.5 Å². The van der Waals surface area contributed by atoms with Crippen molar-refractivity contribution in [3.8, 4) is 11.3 Å². The molecule has 3 aromatic rings. The van der Waals surface area contributed by atoms with E-state index in [0.29, 0.717) is 6.54 Å². The highest BCUT2D eigenvalue weighted by Crippen LogP contribution is 2.45. The topological polar surface area (TPSA) is 51.5 Å². The van der Waals surface area contributed by atoms with Crippen molar-refractivity contribution in [2.24, 2.45) is 0 Å². The van der Waals surface area contributed by atoms with E-state index in [1.165, 1.54) is 29.5 Å². The molecule has 1 unspecified atom stereocenters. The van der Waals surface area contributed by atoms with Crippen molar-refractivity contribution in [3.05, 3.63) is 86.2 Å². The zero-order valence-electron chi connectivity index (χ0n) is 19.8. The number of esters is 1. The van der Waals surface area contributed by atoms with Crippen LogP contribution in [-0.2, 0) is 24.1 Å². The van der Waals surface area contributed by atoms with Crippen LogP contribution in [0.15, 0.2) is 47.3 Å². The summed E-state index contributed by atoms with van der Waals surface area (Å²) in [5.74, 6) is -0.386. The van der Waals surface area contributed by atoms with E-state index in [1.807, 2.05) is 30.3 Å². The van der Waals surface area contributed by atoms with Crippen molar-refractivity contribution in [3.63, 3.8) is 0 Å². The van der Waals surface area contributed by atoms with Crippen LogP contribution in [0.25, 0.3) is 11.3 Å². The first-order chi connectivity index (χ1) is 15.9. The molecule has 1 aliphatic heterocycles. The summed E-state index contributed by atoms with van der Waals surface area (Å²) < 4.78 is 6.76. The van der Waals surface area contributed by atoms with Gasteiger partial charge in [0.15, 0.2) is 0 Å². The first kappa shape index (κ1) is 21.5. The third-order valence-corrected chi connectivity index (χ3v) is 7.22. The molecule has 0 fully saturated rings. The van der Waals surface area contributed by atoms with E-state index in [1.54, 1.807) is 10.6 Å². The third kappa shape index (κ3) is 3.47. The van der Waals surface area contributed by atoms with E-state index in [0.717, 1.165) is 48.2 Å². The summed E-state index contributed by atoms with van der Waals surface area (Å²) in [6, 6.07) is 14.0. The Morgan fingerprint density at radius 1 is 1.15 bits per heavy atom. The van der Waals surface area contributed by atoms with E-state index in [2.05, 4.69) is 31.9 Å². The predicted octanol–water partition coefficient (Wildman–Crippen LogP) is 4.70. The van der Waals surface area contributed by atoms with Gasteiger partial charge in [-0.1, -0.05) is 37.3 Å². The number of hydrogen-bond donors (Lipinski definition) is 0. The summed E-state index contributed by atoms with van der Waals surface area (Å²) in [5, 5.41) is 0. The van der Waals surface area contributed by atoms with E-state index in [9.17, 15) is 9.59 Å². The molecule has 0 spiro atoms. The van der Waals surface area contributed by atoms with E-state index >= 15 is 0 Å². The smallest absolute Gasteiger partial charge is 0.343 e. The first-order valence-electron chi connectivity index (χ1n) is 11.7. The van der Waals surface area contributed by atoms with Crippen LogP contribution >= 0.6 is 0 Å². The quantitative estimate of drug-likeness (QED) is 0.552. The number of carbonyl (C=O) groups excluding carboxylic acids is 1. The lowest BCUT2D eigenvalue weighted by molar-refractivity contribution is 0.0598. The fourth-order valence-corrected chi connectivity index (χ4v) is 5.72. The van der Waals surface area contributed by atoms with Gasteiger partial charge >= 0.3 is 5.97 Å². The lowest BCUT2D eigenvalue weighted by Crippen LogP contribution is -2.33. The van der Waals surface area contributed by atoms with Gasteiger partial charge in [-0.3, -0.25) is 4.79 Å². The molecular weight excluding hydrogens is 412 g/mol. The van der Waals surface area contributed by atoms with Crippen LogP contribution in [0.1, 0.15) is 57.4 Å². The first-order valence-corrected chi connectivity index (χ1v) is 11.7. The molecule has 0 N–H and O–H groups in total. The average Bonchev–Trinajstić information content (AvgIpc) is 2.81. The van der Waals surface area contributed by atoms with Gasteiger partial charge in [-0.25, -0.2) is 4.79 Å². The molecule has 33 heavy (non-hydrogen) atoms. The highest BCUT2D eigenvalue weighted by Gasteiger charge is 2.32. The van der Waals surface area contributed by atoms with Crippen molar-refractivity contribution < 1.29 is 9.53 Å². The summed E-state index contributed by atoms with van der Waals surface area (Å²) in [6.07, 6.45) is 3.11. The Hall–Kier alpha value is -3.34. The lowest BCUT2D eigenvalue weighted by Gasteiger charge is -2.36. The summed E-state index contributed by atoms with van der Waals surface area (Å²) in [4.78, 5) is 28.5. The molecule has 2 aromatic carbocycles. The van der Waals surface area contributed by atoms with E-state index in [-0.39, 0.29) is 17.0 Å². The number of ether oxygens (including phenoxy) is 1. The molecule has 0 radical (unpaired) electrons. The van der Waals surface area contributed by atoms with Gasteiger partial charge in [-0.05, 0) is 72.1 Å². The molecule has 170 valence electrons. The van der Waals surface area contributed by atoms with Crippen LogP contribution in [0, 0.1) is 6.92 Å². The van der Waals surface area contributed by atoms with Gasteiger partial charge in [-0.15, -0.1) is 0 Å². The number of carbonyl (C=O) groups is 1. The second-order valence-corrected chi connectivity index (χ2v) is 9.41. The zero-order valence-corrected chi connectivity index (χ0v) is 19.8. The lowest BCUT2D eigenvalue weighted by atomic mass is 9.76. The van der Waals surface area contributed by atoms with Gasteiger partial charge in [0.25, 0.3) is 5.56 Å². The van der Waals surface area contributed by atoms with E-state index < -0.39 is 5.97 Å². The Bertz CT molecular complexity index is 1310. The molecule has 2 aliphatic rings. The van der Waals surface area contributed by atoms with Crippen molar-refractivity contribution >= 4 is 11.7 Å². The number of nitrogens with zero attached hydrogens (tertiary/aromatic N) is 2. The zero-order chi connectivity index (χ0) is 23.3. The third-order valence-electron chi connectivity index (χ3n) is 7.22. The minimum absolute atomic E-state index is 0.108. The molecule has 0 saturated carbocycles.